The van der Waals surface area contributed by atoms with Crippen molar-refractivity contribution < 1.29 is 0 Å². The van der Waals surface area contributed by atoms with Crippen LogP contribution in [-0.4, -0.2) is 29.6 Å². The normalized spacial score (nSPS) is 15.7. The van der Waals surface area contributed by atoms with Crippen molar-refractivity contribution in [2.75, 3.05) is 23.8 Å². The third-order valence-corrected chi connectivity index (χ3v) is 4.48. The first-order chi connectivity index (χ1) is 8.79. The van der Waals surface area contributed by atoms with Crippen molar-refractivity contribution in [3.05, 3.63) is 11.4 Å². The zero-order chi connectivity index (χ0) is 12.5. The highest BCUT2D eigenvalue weighted by Gasteiger charge is 2.25. The van der Waals surface area contributed by atoms with Gasteiger partial charge in [-0.05, 0) is 37.6 Å². The first kappa shape index (κ1) is 11.7. The molecule has 0 bridgehead atoms. The maximum atomic E-state index is 4.68. The highest BCUT2D eigenvalue weighted by Crippen LogP contribution is 2.34. The van der Waals surface area contributed by atoms with Gasteiger partial charge < -0.3 is 10.2 Å². The van der Waals surface area contributed by atoms with Crippen LogP contribution in [0.2, 0.25) is 0 Å². The highest BCUT2D eigenvalue weighted by molar-refractivity contribution is 7.17. The van der Waals surface area contributed by atoms with Crippen LogP contribution in [0.5, 0.6) is 0 Å². The summed E-state index contributed by atoms with van der Waals surface area (Å²) in [7, 11) is 2.15. The van der Waals surface area contributed by atoms with E-state index in [1.165, 1.54) is 24.0 Å². The fourth-order valence-corrected chi connectivity index (χ4v) is 3.13. The molecule has 0 spiro atoms. The van der Waals surface area contributed by atoms with Gasteiger partial charge in [0.05, 0.1) is 10.2 Å². The summed E-state index contributed by atoms with van der Waals surface area (Å²) in [5, 5.41) is 5.31. The zero-order valence-electron chi connectivity index (χ0n) is 10.8. The van der Waals surface area contributed by atoms with Crippen LogP contribution in [0, 0.1) is 0 Å². The van der Waals surface area contributed by atoms with Gasteiger partial charge in [-0.15, -0.1) is 11.3 Å². The molecule has 0 saturated heterocycles. The van der Waals surface area contributed by atoms with Crippen LogP contribution in [0.3, 0.4) is 0 Å². The smallest absolute Gasteiger partial charge is 0.225 e. The molecule has 1 saturated carbocycles. The number of fused-ring (bicyclic) bond motifs is 1. The predicted molar refractivity (Wildman–Crippen MR) is 77.6 cm³/mol. The van der Waals surface area contributed by atoms with Crippen molar-refractivity contribution in [1.29, 1.82) is 0 Å². The molecule has 1 aliphatic carbocycles. The van der Waals surface area contributed by atoms with Gasteiger partial charge in [0.2, 0.25) is 5.95 Å². The van der Waals surface area contributed by atoms with Gasteiger partial charge in [0.1, 0.15) is 0 Å². The van der Waals surface area contributed by atoms with Crippen molar-refractivity contribution in [2.45, 2.75) is 32.2 Å². The Hall–Kier alpha value is -1.36. The van der Waals surface area contributed by atoms with Crippen molar-refractivity contribution >= 4 is 33.3 Å². The number of thiophene rings is 1. The Kier molecular flexibility index (Phi) is 3.07. The molecule has 3 rings (SSSR count). The van der Waals surface area contributed by atoms with Gasteiger partial charge in [0.15, 0.2) is 5.82 Å². The Morgan fingerprint density at radius 1 is 1.44 bits per heavy atom. The van der Waals surface area contributed by atoms with E-state index in [2.05, 4.69) is 45.6 Å². The van der Waals surface area contributed by atoms with E-state index in [0.29, 0.717) is 6.04 Å². The Labute approximate surface area is 111 Å². The topological polar surface area (TPSA) is 41.1 Å². The molecule has 0 atom stereocenters. The largest absolute Gasteiger partial charge is 0.355 e. The van der Waals surface area contributed by atoms with Crippen LogP contribution < -0.4 is 10.2 Å². The minimum Gasteiger partial charge on any atom is -0.355 e. The van der Waals surface area contributed by atoms with E-state index < -0.39 is 0 Å². The van der Waals surface area contributed by atoms with Gasteiger partial charge >= 0.3 is 0 Å². The number of anilines is 2. The molecule has 0 radical (unpaired) electrons. The number of nitrogens with zero attached hydrogens (tertiary/aromatic N) is 3. The maximum Gasteiger partial charge on any atom is 0.225 e. The Balaban J connectivity index is 2.03. The summed E-state index contributed by atoms with van der Waals surface area (Å²) in [6, 6.07) is 2.72. The molecular formula is C13H18N4S. The van der Waals surface area contributed by atoms with Gasteiger partial charge in [-0.2, -0.15) is 4.98 Å². The number of aromatic nitrogens is 2. The van der Waals surface area contributed by atoms with Gasteiger partial charge in [-0.25, -0.2) is 4.98 Å². The van der Waals surface area contributed by atoms with Gasteiger partial charge in [-0.1, -0.05) is 0 Å². The quantitative estimate of drug-likeness (QED) is 0.919. The lowest BCUT2D eigenvalue weighted by Crippen LogP contribution is -2.37. The molecule has 2 aromatic rings. The average molecular weight is 262 g/mol. The fourth-order valence-electron chi connectivity index (χ4n) is 2.27. The monoisotopic (exact) mass is 262 g/mol. The second-order valence-electron chi connectivity index (χ2n) is 4.73. The highest BCUT2D eigenvalue weighted by atomic mass is 32.1. The fraction of sp³-hybridized carbons (Fsp3) is 0.538. The number of nitrogens with one attached hydrogen (secondary N) is 1. The summed E-state index contributed by atoms with van der Waals surface area (Å²) in [5.74, 6) is 1.82. The van der Waals surface area contributed by atoms with Gasteiger partial charge in [0.25, 0.3) is 0 Å². The zero-order valence-corrected chi connectivity index (χ0v) is 11.6. The summed E-state index contributed by atoms with van der Waals surface area (Å²) in [5.41, 5.74) is 1.05. The number of hydrogen-bond acceptors (Lipinski definition) is 5. The first-order valence-corrected chi connectivity index (χ1v) is 7.39. The average Bonchev–Trinajstić information content (AvgIpc) is 2.73. The Morgan fingerprint density at radius 2 is 2.28 bits per heavy atom. The second-order valence-corrected chi connectivity index (χ2v) is 5.65. The standard InChI is InChI=1S/C13H18N4S/c1-3-14-13-15-10-7-8-18-11(10)12(16-13)17(2)9-5-4-6-9/h7-9H,3-6H2,1-2H3,(H,14,15,16). The van der Waals surface area contributed by atoms with Crippen LogP contribution in [0.25, 0.3) is 10.2 Å². The van der Waals surface area contributed by atoms with E-state index in [1.54, 1.807) is 11.3 Å². The van der Waals surface area contributed by atoms with Crippen LogP contribution in [0.15, 0.2) is 11.4 Å². The molecule has 1 fully saturated rings. The maximum absolute atomic E-state index is 4.68. The van der Waals surface area contributed by atoms with Crippen LogP contribution in [0.1, 0.15) is 26.2 Å². The molecule has 0 aromatic carbocycles. The molecule has 18 heavy (non-hydrogen) atoms. The molecule has 0 amide bonds. The molecule has 2 heterocycles. The molecule has 2 aromatic heterocycles. The molecular weight excluding hydrogens is 244 g/mol. The van der Waals surface area contributed by atoms with Crippen molar-refractivity contribution in [3.63, 3.8) is 0 Å². The molecule has 96 valence electrons. The van der Waals surface area contributed by atoms with Crippen LogP contribution in [-0.2, 0) is 0 Å². The van der Waals surface area contributed by atoms with Gasteiger partial charge in [0, 0.05) is 19.6 Å². The lowest BCUT2D eigenvalue weighted by atomic mass is 9.92. The van der Waals surface area contributed by atoms with E-state index in [4.69, 9.17) is 0 Å². The lowest BCUT2D eigenvalue weighted by molar-refractivity contribution is 0.400. The van der Waals surface area contributed by atoms with E-state index >= 15 is 0 Å². The molecule has 1 aliphatic rings. The van der Waals surface area contributed by atoms with E-state index in [1.807, 2.05) is 0 Å². The minimum absolute atomic E-state index is 0.652. The summed E-state index contributed by atoms with van der Waals surface area (Å²) in [4.78, 5) is 11.5. The molecule has 0 unspecified atom stereocenters. The van der Waals surface area contributed by atoms with Crippen LogP contribution >= 0.6 is 11.3 Å². The van der Waals surface area contributed by atoms with E-state index in [0.717, 1.165) is 23.8 Å². The minimum atomic E-state index is 0.652. The molecule has 1 N–H and O–H groups in total. The van der Waals surface area contributed by atoms with Gasteiger partial charge in [-0.3, -0.25) is 0 Å². The summed E-state index contributed by atoms with van der Waals surface area (Å²) in [6.45, 7) is 2.92. The number of hydrogen-bond donors (Lipinski definition) is 1. The summed E-state index contributed by atoms with van der Waals surface area (Å²) < 4.78 is 1.20. The second kappa shape index (κ2) is 4.72. The Bertz CT molecular complexity index is 547. The third kappa shape index (κ3) is 1.92. The van der Waals surface area contributed by atoms with Crippen molar-refractivity contribution in [3.8, 4) is 0 Å². The molecule has 5 heteroatoms. The molecule has 4 nitrogen and oxygen atoms in total. The van der Waals surface area contributed by atoms with E-state index in [9.17, 15) is 0 Å². The van der Waals surface area contributed by atoms with Crippen molar-refractivity contribution in [1.82, 2.24) is 9.97 Å². The SMILES string of the molecule is CCNc1nc(N(C)C2CCC2)c2sccc2n1. The van der Waals surface area contributed by atoms with E-state index in [-0.39, 0.29) is 0 Å². The predicted octanol–water partition coefficient (Wildman–Crippen LogP) is 3.11. The summed E-state index contributed by atoms with van der Waals surface area (Å²) >= 11 is 1.73. The van der Waals surface area contributed by atoms with Crippen LogP contribution in [0.4, 0.5) is 11.8 Å². The first-order valence-electron chi connectivity index (χ1n) is 6.51. The molecule has 0 aliphatic heterocycles. The van der Waals surface area contributed by atoms with Crippen molar-refractivity contribution in [2.24, 2.45) is 0 Å². The number of rotatable bonds is 4. The lowest BCUT2D eigenvalue weighted by Gasteiger charge is -2.35. The third-order valence-electron chi connectivity index (χ3n) is 3.58. The summed E-state index contributed by atoms with van der Waals surface area (Å²) in [6.07, 6.45) is 3.90. The Morgan fingerprint density at radius 3 is 2.94 bits per heavy atom.